The van der Waals surface area contributed by atoms with Crippen LogP contribution in [0.4, 0.5) is 0 Å². The van der Waals surface area contributed by atoms with Gasteiger partial charge in [-0.05, 0) is 18.1 Å². The predicted octanol–water partition coefficient (Wildman–Crippen LogP) is 0.489. The molecule has 0 radical (unpaired) electrons. The standard InChI is InChI=1S/C12H18N2O3/c1-16-10-3-2-9(6-14-10)11(15)12(7-13)4-5-17-8-12/h2-3,6,11,15H,4-5,7-8,13H2,1H3. The average Bonchev–Trinajstić information content (AvgIpc) is 2.88. The van der Waals surface area contributed by atoms with Crippen molar-refractivity contribution in [1.82, 2.24) is 4.98 Å². The van der Waals surface area contributed by atoms with Crippen LogP contribution in [0.3, 0.4) is 0 Å². The first-order valence-corrected chi connectivity index (χ1v) is 5.68. The van der Waals surface area contributed by atoms with Crippen LogP contribution < -0.4 is 10.5 Å². The second-order valence-corrected chi connectivity index (χ2v) is 4.41. The fourth-order valence-corrected chi connectivity index (χ4v) is 2.14. The van der Waals surface area contributed by atoms with Crippen LogP contribution in [0.2, 0.25) is 0 Å². The molecule has 2 rings (SSSR count). The van der Waals surface area contributed by atoms with Crippen LogP contribution in [0.5, 0.6) is 5.88 Å². The van der Waals surface area contributed by atoms with Gasteiger partial charge in [-0.2, -0.15) is 0 Å². The van der Waals surface area contributed by atoms with Gasteiger partial charge in [-0.3, -0.25) is 0 Å². The van der Waals surface area contributed by atoms with Crippen molar-refractivity contribution in [1.29, 1.82) is 0 Å². The van der Waals surface area contributed by atoms with Gasteiger partial charge in [-0.1, -0.05) is 0 Å². The Morgan fingerprint density at radius 3 is 2.94 bits per heavy atom. The van der Waals surface area contributed by atoms with Gasteiger partial charge in [-0.15, -0.1) is 0 Å². The van der Waals surface area contributed by atoms with E-state index in [0.29, 0.717) is 25.6 Å². The first kappa shape index (κ1) is 12.3. The lowest BCUT2D eigenvalue weighted by Crippen LogP contribution is -2.37. The fraction of sp³-hybridized carbons (Fsp3) is 0.583. The summed E-state index contributed by atoms with van der Waals surface area (Å²) in [5, 5.41) is 10.4. The molecule has 1 aliphatic rings. The third-order valence-electron chi connectivity index (χ3n) is 3.40. The second kappa shape index (κ2) is 5.00. The van der Waals surface area contributed by atoms with E-state index < -0.39 is 6.10 Å². The van der Waals surface area contributed by atoms with Gasteiger partial charge in [0.25, 0.3) is 0 Å². The summed E-state index contributed by atoms with van der Waals surface area (Å²) in [5.74, 6) is 0.533. The quantitative estimate of drug-likeness (QED) is 0.798. The minimum absolute atomic E-state index is 0.379. The molecule has 0 aromatic carbocycles. The van der Waals surface area contributed by atoms with Crippen LogP contribution in [-0.2, 0) is 4.74 Å². The highest BCUT2D eigenvalue weighted by atomic mass is 16.5. The van der Waals surface area contributed by atoms with Crippen molar-refractivity contribution in [2.75, 3.05) is 26.9 Å². The molecular formula is C12H18N2O3. The van der Waals surface area contributed by atoms with E-state index in [1.165, 1.54) is 0 Å². The van der Waals surface area contributed by atoms with Crippen LogP contribution in [-0.4, -0.2) is 37.0 Å². The first-order chi connectivity index (χ1) is 8.22. The monoisotopic (exact) mass is 238 g/mol. The van der Waals surface area contributed by atoms with Gasteiger partial charge in [0.15, 0.2) is 0 Å². The molecule has 0 aliphatic carbocycles. The number of pyridine rings is 1. The lowest BCUT2D eigenvalue weighted by atomic mass is 9.78. The summed E-state index contributed by atoms with van der Waals surface area (Å²) in [5.41, 5.74) is 6.15. The first-order valence-electron chi connectivity index (χ1n) is 5.68. The Labute approximate surface area is 101 Å². The van der Waals surface area contributed by atoms with Gasteiger partial charge >= 0.3 is 0 Å². The van der Waals surface area contributed by atoms with Crippen molar-refractivity contribution >= 4 is 0 Å². The molecule has 0 bridgehead atoms. The minimum Gasteiger partial charge on any atom is -0.481 e. The van der Waals surface area contributed by atoms with Crippen molar-refractivity contribution in [3.63, 3.8) is 0 Å². The number of nitrogens with two attached hydrogens (primary N) is 1. The summed E-state index contributed by atoms with van der Waals surface area (Å²) >= 11 is 0. The Kier molecular flexibility index (Phi) is 3.61. The Morgan fingerprint density at radius 1 is 1.65 bits per heavy atom. The van der Waals surface area contributed by atoms with E-state index in [4.69, 9.17) is 15.2 Å². The lowest BCUT2D eigenvalue weighted by Gasteiger charge is -2.31. The summed E-state index contributed by atoms with van der Waals surface area (Å²) in [6.07, 6.45) is 1.75. The Bertz CT molecular complexity index is 361. The highest BCUT2D eigenvalue weighted by molar-refractivity contribution is 5.22. The van der Waals surface area contributed by atoms with Gasteiger partial charge < -0.3 is 20.3 Å². The molecule has 1 fully saturated rings. The highest BCUT2D eigenvalue weighted by Gasteiger charge is 2.41. The molecule has 0 spiro atoms. The molecule has 1 aliphatic heterocycles. The SMILES string of the molecule is COc1ccc(C(O)C2(CN)CCOC2)cn1. The molecule has 2 atom stereocenters. The zero-order valence-corrected chi connectivity index (χ0v) is 9.93. The van der Waals surface area contributed by atoms with Crippen molar-refractivity contribution in [2.24, 2.45) is 11.1 Å². The van der Waals surface area contributed by atoms with Gasteiger partial charge in [0, 0.05) is 30.8 Å². The van der Waals surface area contributed by atoms with Crippen LogP contribution in [0.25, 0.3) is 0 Å². The van der Waals surface area contributed by atoms with Gasteiger partial charge in [0.1, 0.15) is 0 Å². The van der Waals surface area contributed by atoms with Crippen LogP contribution in [0.15, 0.2) is 18.3 Å². The summed E-state index contributed by atoms with van der Waals surface area (Å²) in [7, 11) is 1.56. The molecular weight excluding hydrogens is 220 g/mol. The third kappa shape index (κ3) is 2.26. The van der Waals surface area contributed by atoms with Crippen molar-refractivity contribution in [3.05, 3.63) is 23.9 Å². The lowest BCUT2D eigenvalue weighted by molar-refractivity contribution is 0.0188. The normalized spacial score (nSPS) is 25.8. The zero-order valence-electron chi connectivity index (χ0n) is 9.93. The average molecular weight is 238 g/mol. The van der Waals surface area contributed by atoms with E-state index in [-0.39, 0.29) is 5.41 Å². The number of nitrogens with zero attached hydrogens (tertiary/aromatic N) is 1. The van der Waals surface area contributed by atoms with E-state index in [1.54, 1.807) is 19.4 Å². The van der Waals surface area contributed by atoms with Gasteiger partial charge in [0.05, 0.1) is 19.8 Å². The highest BCUT2D eigenvalue weighted by Crippen LogP contribution is 2.40. The van der Waals surface area contributed by atoms with E-state index in [0.717, 1.165) is 12.0 Å². The zero-order chi connectivity index (χ0) is 12.3. The number of aliphatic hydroxyl groups is 1. The Morgan fingerprint density at radius 2 is 2.47 bits per heavy atom. The van der Waals surface area contributed by atoms with E-state index >= 15 is 0 Å². The van der Waals surface area contributed by atoms with Crippen molar-refractivity contribution < 1.29 is 14.6 Å². The van der Waals surface area contributed by atoms with Crippen LogP contribution in [0, 0.1) is 5.41 Å². The smallest absolute Gasteiger partial charge is 0.212 e. The van der Waals surface area contributed by atoms with Crippen molar-refractivity contribution in [2.45, 2.75) is 12.5 Å². The van der Waals surface area contributed by atoms with Crippen molar-refractivity contribution in [3.8, 4) is 5.88 Å². The number of hydrogen-bond donors (Lipinski definition) is 2. The summed E-state index contributed by atoms with van der Waals surface area (Å²) in [4.78, 5) is 4.09. The third-order valence-corrected chi connectivity index (χ3v) is 3.40. The van der Waals surface area contributed by atoms with E-state index in [1.807, 2.05) is 6.07 Å². The minimum atomic E-state index is -0.645. The Hall–Kier alpha value is -1.17. The molecule has 3 N–H and O–H groups in total. The molecule has 5 heteroatoms. The summed E-state index contributed by atoms with van der Waals surface area (Å²) in [6.45, 7) is 1.55. The number of aromatic nitrogens is 1. The molecule has 2 heterocycles. The van der Waals surface area contributed by atoms with Gasteiger partial charge in [-0.25, -0.2) is 4.98 Å². The molecule has 5 nitrogen and oxygen atoms in total. The van der Waals surface area contributed by atoms with Crippen LogP contribution >= 0.6 is 0 Å². The maximum atomic E-state index is 10.4. The molecule has 1 aromatic rings. The van der Waals surface area contributed by atoms with Gasteiger partial charge in [0.2, 0.25) is 5.88 Å². The molecule has 94 valence electrons. The number of rotatable bonds is 4. The largest absolute Gasteiger partial charge is 0.481 e. The van der Waals surface area contributed by atoms with Crippen LogP contribution in [0.1, 0.15) is 18.1 Å². The maximum absolute atomic E-state index is 10.4. The molecule has 1 saturated heterocycles. The number of aliphatic hydroxyl groups excluding tert-OH is 1. The van der Waals surface area contributed by atoms with E-state index in [9.17, 15) is 5.11 Å². The predicted molar refractivity (Wildman–Crippen MR) is 62.7 cm³/mol. The summed E-state index contributed by atoms with van der Waals surface area (Å²) in [6, 6.07) is 3.55. The number of hydrogen-bond acceptors (Lipinski definition) is 5. The maximum Gasteiger partial charge on any atom is 0.212 e. The molecule has 17 heavy (non-hydrogen) atoms. The molecule has 0 saturated carbocycles. The molecule has 1 aromatic heterocycles. The topological polar surface area (TPSA) is 77.6 Å². The molecule has 0 amide bonds. The van der Waals surface area contributed by atoms with E-state index in [2.05, 4.69) is 4.98 Å². The molecule has 2 unspecified atom stereocenters. The fourth-order valence-electron chi connectivity index (χ4n) is 2.14. The Balaban J connectivity index is 2.19. The number of methoxy groups -OCH3 is 1. The second-order valence-electron chi connectivity index (χ2n) is 4.41. The number of ether oxygens (including phenoxy) is 2. The summed E-state index contributed by atoms with van der Waals surface area (Å²) < 4.78 is 10.3.